The monoisotopic (exact) mass is 457 g/mol. The molecule has 3 aromatic carbocycles. The fourth-order valence-corrected chi connectivity index (χ4v) is 3.35. The molecule has 1 saturated heterocycles. The van der Waals surface area contributed by atoms with Crippen molar-refractivity contribution in [1.29, 1.82) is 0 Å². The summed E-state index contributed by atoms with van der Waals surface area (Å²) in [6.07, 6.45) is 1.35. The first-order chi connectivity index (χ1) is 16.3. The Balaban J connectivity index is 1.62. The lowest BCUT2D eigenvalue weighted by Gasteiger charge is -2.26. The van der Waals surface area contributed by atoms with Gasteiger partial charge < -0.3 is 4.74 Å². The molecule has 1 aliphatic heterocycles. The van der Waals surface area contributed by atoms with E-state index >= 15 is 0 Å². The number of nitro benzene ring substituents is 1. The zero-order chi connectivity index (χ0) is 24.2. The summed E-state index contributed by atoms with van der Waals surface area (Å²) in [5.74, 6) is -1.24. The Bertz CT molecular complexity index is 1310. The first kappa shape index (κ1) is 22.4. The van der Waals surface area contributed by atoms with E-state index in [1.807, 2.05) is 31.2 Å². The van der Waals surface area contributed by atoms with Gasteiger partial charge in [0.2, 0.25) is 0 Å². The molecule has 1 heterocycles. The second-order valence-electron chi connectivity index (χ2n) is 7.54. The Kier molecular flexibility index (Phi) is 6.18. The predicted octanol–water partition coefficient (Wildman–Crippen LogP) is 4.15. The molecule has 0 radical (unpaired) electrons. The van der Waals surface area contributed by atoms with Gasteiger partial charge in [0.25, 0.3) is 17.5 Å². The topological polar surface area (TPSA) is 119 Å². The number of aryl methyl sites for hydroxylation is 1. The van der Waals surface area contributed by atoms with Crippen molar-refractivity contribution in [3.8, 4) is 5.75 Å². The lowest BCUT2D eigenvalue weighted by atomic mass is 10.1. The zero-order valence-electron chi connectivity index (χ0n) is 18.1. The van der Waals surface area contributed by atoms with Crippen molar-refractivity contribution in [2.24, 2.45) is 0 Å². The highest BCUT2D eigenvalue weighted by atomic mass is 16.6. The van der Waals surface area contributed by atoms with Gasteiger partial charge in [-0.05, 0) is 36.8 Å². The first-order valence-electron chi connectivity index (χ1n) is 10.3. The third-order valence-corrected chi connectivity index (χ3v) is 5.15. The van der Waals surface area contributed by atoms with Crippen LogP contribution in [0.15, 0.2) is 78.4 Å². The first-order valence-corrected chi connectivity index (χ1v) is 10.3. The van der Waals surface area contributed by atoms with Crippen LogP contribution in [0.3, 0.4) is 0 Å². The average Bonchev–Trinajstić information content (AvgIpc) is 2.82. The highest BCUT2D eigenvalue weighted by Gasteiger charge is 2.37. The maximum atomic E-state index is 13.1. The van der Waals surface area contributed by atoms with Crippen molar-refractivity contribution in [3.63, 3.8) is 0 Å². The molecule has 1 aliphatic rings. The van der Waals surface area contributed by atoms with Crippen molar-refractivity contribution in [2.75, 3.05) is 4.90 Å². The van der Waals surface area contributed by atoms with Crippen LogP contribution in [0.25, 0.3) is 6.08 Å². The molecule has 9 heteroatoms. The number of hydrogen-bond donors (Lipinski definition) is 1. The number of hydrogen-bond acceptors (Lipinski definition) is 6. The molecule has 0 unspecified atom stereocenters. The minimum atomic E-state index is -0.940. The van der Waals surface area contributed by atoms with Crippen molar-refractivity contribution in [1.82, 2.24) is 5.32 Å². The fourth-order valence-electron chi connectivity index (χ4n) is 3.35. The van der Waals surface area contributed by atoms with Gasteiger partial charge in [0, 0.05) is 17.7 Å². The van der Waals surface area contributed by atoms with Crippen LogP contribution in [0.1, 0.15) is 16.7 Å². The van der Waals surface area contributed by atoms with Crippen molar-refractivity contribution in [3.05, 3.63) is 105 Å². The summed E-state index contributed by atoms with van der Waals surface area (Å²) in [6.45, 7) is 2.27. The SMILES string of the molecule is Cc1ccc(COc2ccccc2/C=C2\C(=O)NC(=O)N(c3ccc([N+](=O)[O-])cc3)C2=O)cc1. The number of amides is 4. The standard InChI is InChI=1S/C25H19N3O6/c1-16-6-8-17(9-7-16)15-34-22-5-3-2-4-18(22)14-21-23(29)26-25(31)27(24(21)30)19-10-12-20(13-11-19)28(32)33/h2-14H,15H2,1H3,(H,26,29,31)/b21-14+. The molecule has 4 rings (SSSR count). The van der Waals surface area contributed by atoms with Crippen LogP contribution in [0.2, 0.25) is 0 Å². The number of barbiturate groups is 1. The molecule has 0 bridgehead atoms. The van der Waals surface area contributed by atoms with Gasteiger partial charge in [-0.3, -0.25) is 25.0 Å². The molecule has 0 aromatic heterocycles. The van der Waals surface area contributed by atoms with Crippen LogP contribution in [0.5, 0.6) is 5.75 Å². The number of rotatable bonds is 6. The molecule has 1 fully saturated rings. The average molecular weight is 457 g/mol. The van der Waals surface area contributed by atoms with Gasteiger partial charge in [0.05, 0.1) is 10.6 Å². The third-order valence-electron chi connectivity index (χ3n) is 5.15. The summed E-state index contributed by atoms with van der Waals surface area (Å²) in [6, 6.07) is 18.7. The summed E-state index contributed by atoms with van der Waals surface area (Å²) in [4.78, 5) is 49.0. The van der Waals surface area contributed by atoms with Crippen LogP contribution >= 0.6 is 0 Å². The molecular weight excluding hydrogens is 438 g/mol. The Labute approximate surface area is 194 Å². The van der Waals surface area contributed by atoms with E-state index in [1.165, 1.54) is 30.3 Å². The van der Waals surface area contributed by atoms with Gasteiger partial charge in [-0.25, -0.2) is 9.69 Å². The minimum Gasteiger partial charge on any atom is -0.488 e. The molecule has 170 valence electrons. The van der Waals surface area contributed by atoms with Gasteiger partial charge in [-0.2, -0.15) is 0 Å². The zero-order valence-corrected chi connectivity index (χ0v) is 18.1. The largest absolute Gasteiger partial charge is 0.488 e. The van der Waals surface area contributed by atoms with E-state index in [1.54, 1.807) is 24.3 Å². The number of carbonyl (C=O) groups excluding carboxylic acids is 3. The summed E-state index contributed by atoms with van der Waals surface area (Å²) in [5, 5.41) is 13.0. The second kappa shape index (κ2) is 9.37. The molecule has 3 aromatic rings. The van der Waals surface area contributed by atoms with Crippen LogP contribution in [0, 0.1) is 17.0 Å². The van der Waals surface area contributed by atoms with E-state index in [2.05, 4.69) is 5.32 Å². The number of nitro groups is 1. The quantitative estimate of drug-likeness (QED) is 0.257. The fraction of sp³-hybridized carbons (Fsp3) is 0.0800. The molecule has 4 amide bonds. The number of anilines is 1. The van der Waals surface area contributed by atoms with Crippen LogP contribution < -0.4 is 15.0 Å². The Morgan fingerprint density at radius 3 is 2.32 bits per heavy atom. The van der Waals surface area contributed by atoms with E-state index in [0.717, 1.165) is 16.0 Å². The number of urea groups is 1. The predicted molar refractivity (Wildman–Crippen MR) is 124 cm³/mol. The number of benzene rings is 3. The van der Waals surface area contributed by atoms with Gasteiger partial charge in [0.15, 0.2) is 0 Å². The number of non-ortho nitro benzene ring substituents is 1. The minimum absolute atomic E-state index is 0.0930. The van der Waals surface area contributed by atoms with Crippen molar-refractivity contribution in [2.45, 2.75) is 13.5 Å². The van der Waals surface area contributed by atoms with Gasteiger partial charge >= 0.3 is 6.03 Å². The number of nitrogens with one attached hydrogen (secondary N) is 1. The lowest BCUT2D eigenvalue weighted by Crippen LogP contribution is -2.54. The number of carbonyl (C=O) groups is 3. The highest BCUT2D eigenvalue weighted by molar-refractivity contribution is 6.39. The Hall–Kier alpha value is -4.79. The molecule has 9 nitrogen and oxygen atoms in total. The number of nitrogens with zero attached hydrogens (tertiary/aromatic N) is 2. The Morgan fingerprint density at radius 2 is 1.65 bits per heavy atom. The maximum Gasteiger partial charge on any atom is 0.335 e. The molecular formula is C25H19N3O6. The van der Waals surface area contributed by atoms with E-state index in [4.69, 9.17) is 4.74 Å². The second-order valence-corrected chi connectivity index (χ2v) is 7.54. The molecule has 0 saturated carbocycles. The molecule has 0 aliphatic carbocycles. The smallest absolute Gasteiger partial charge is 0.335 e. The molecule has 1 N–H and O–H groups in total. The van der Waals surface area contributed by atoms with Gasteiger partial charge in [-0.1, -0.05) is 48.0 Å². The number of ether oxygens (including phenoxy) is 1. The summed E-state index contributed by atoms with van der Waals surface area (Å²) in [5.41, 5.74) is 2.18. The Morgan fingerprint density at radius 1 is 0.971 bits per heavy atom. The van der Waals surface area contributed by atoms with Crippen LogP contribution in [-0.4, -0.2) is 22.8 Å². The highest BCUT2D eigenvalue weighted by Crippen LogP contribution is 2.27. The van der Waals surface area contributed by atoms with E-state index in [0.29, 0.717) is 11.3 Å². The number of imide groups is 2. The van der Waals surface area contributed by atoms with E-state index in [9.17, 15) is 24.5 Å². The van der Waals surface area contributed by atoms with E-state index in [-0.39, 0.29) is 23.6 Å². The molecule has 0 spiro atoms. The van der Waals surface area contributed by atoms with Gasteiger partial charge in [-0.15, -0.1) is 0 Å². The van der Waals surface area contributed by atoms with Crippen molar-refractivity contribution >= 4 is 35.3 Å². The molecule has 34 heavy (non-hydrogen) atoms. The number of para-hydroxylation sites is 1. The van der Waals surface area contributed by atoms with Crippen molar-refractivity contribution < 1.29 is 24.0 Å². The summed E-state index contributed by atoms with van der Waals surface area (Å²) < 4.78 is 5.91. The van der Waals surface area contributed by atoms with Gasteiger partial charge in [0.1, 0.15) is 17.9 Å². The normalized spacial score (nSPS) is 14.8. The van der Waals surface area contributed by atoms with Crippen LogP contribution in [-0.2, 0) is 16.2 Å². The maximum absolute atomic E-state index is 13.1. The summed E-state index contributed by atoms with van der Waals surface area (Å²) in [7, 11) is 0. The third kappa shape index (κ3) is 4.68. The van der Waals surface area contributed by atoms with Crippen LogP contribution in [0.4, 0.5) is 16.2 Å². The summed E-state index contributed by atoms with van der Waals surface area (Å²) >= 11 is 0. The molecule has 0 atom stereocenters. The van der Waals surface area contributed by atoms with E-state index < -0.39 is 22.8 Å². The lowest BCUT2D eigenvalue weighted by molar-refractivity contribution is -0.384.